The third-order valence-corrected chi connectivity index (χ3v) is 4.46. The first-order chi connectivity index (χ1) is 9.47. The SMILES string of the molecule is Cc1cc(CNC(C)C)cnc1N1CCC(C)C(C)C1. The Morgan fingerprint density at radius 1 is 1.35 bits per heavy atom. The molecule has 1 N–H and O–H groups in total. The summed E-state index contributed by atoms with van der Waals surface area (Å²) in [6.45, 7) is 14.4. The van der Waals surface area contributed by atoms with Gasteiger partial charge in [-0.05, 0) is 42.4 Å². The van der Waals surface area contributed by atoms with Gasteiger partial charge in [0.15, 0.2) is 0 Å². The van der Waals surface area contributed by atoms with Gasteiger partial charge in [-0.15, -0.1) is 0 Å². The van der Waals surface area contributed by atoms with E-state index in [9.17, 15) is 0 Å². The van der Waals surface area contributed by atoms with Crippen LogP contribution >= 0.6 is 0 Å². The Bertz CT molecular complexity index is 442. The summed E-state index contributed by atoms with van der Waals surface area (Å²) < 4.78 is 0. The molecule has 3 heteroatoms. The van der Waals surface area contributed by atoms with Crippen LogP contribution in [-0.4, -0.2) is 24.1 Å². The highest BCUT2D eigenvalue weighted by Gasteiger charge is 2.24. The van der Waals surface area contributed by atoms with Gasteiger partial charge in [-0.3, -0.25) is 0 Å². The van der Waals surface area contributed by atoms with Crippen molar-refractivity contribution in [3.63, 3.8) is 0 Å². The quantitative estimate of drug-likeness (QED) is 0.913. The number of hydrogen-bond donors (Lipinski definition) is 1. The van der Waals surface area contributed by atoms with E-state index in [1.807, 2.05) is 6.20 Å². The van der Waals surface area contributed by atoms with Crippen molar-refractivity contribution in [2.45, 2.75) is 53.6 Å². The third kappa shape index (κ3) is 3.72. The van der Waals surface area contributed by atoms with Crippen LogP contribution in [0.1, 0.15) is 45.2 Å². The Kier molecular flexibility index (Phi) is 5.03. The Morgan fingerprint density at radius 3 is 2.70 bits per heavy atom. The topological polar surface area (TPSA) is 28.2 Å². The average molecular weight is 275 g/mol. The Morgan fingerprint density at radius 2 is 2.10 bits per heavy atom. The maximum atomic E-state index is 4.73. The molecule has 1 aliphatic rings. The highest BCUT2D eigenvalue weighted by atomic mass is 15.2. The minimum Gasteiger partial charge on any atom is -0.356 e. The second-order valence-electron chi connectivity index (χ2n) is 6.71. The van der Waals surface area contributed by atoms with Gasteiger partial charge in [0.2, 0.25) is 0 Å². The van der Waals surface area contributed by atoms with Gasteiger partial charge in [0.05, 0.1) is 0 Å². The maximum Gasteiger partial charge on any atom is 0.131 e. The standard InChI is InChI=1S/C17H29N3/c1-12(2)18-9-16-8-14(4)17(19-10-16)20-7-6-13(3)15(5)11-20/h8,10,12-13,15,18H,6-7,9,11H2,1-5H3. The summed E-state index contributed by atoms with van der Waals surface area (Å²) in [4.78, 5) is 7.18. The monoisotopic (exact) mass is 275 g/mol. The average Bonchev–Trinajstić information content (AvgIpc) is 2.40. The molecule has 3 nitrogen and oxygen atoms in total. The fourth-order valence-corrected chi connectivity index (χ4v) is 2.83. The molecule has 2 heterocycles. The molecule has 20 heavy (non-hydrogen) atoms. The maximum absolute atomic E-state index is 4.73. The van der Waals surface area contributed by atoms with Crippen LogP contribution in [0.5, 0.6) is 0 Å². The van der Waals surface area contributed by atoms with E-state index >= 15 is 0 Å². The number of pyridine rings is 1. The number of hydrogen-bond acceptors (Lipinski definition) is 3. The van der Waals surface area contributed by atoms with Gasteiger partial charge in [0.1, 0.15) is 5.82 Å². The zero-order chi connectivity index (χ0) is 14.7. The first-order valence-electron chi connectivity index (χ1n) is 7.91. The van der Waals surface area contributed by atoms with E-state index in [2.05, 4.69) is 50.9 Å². The Labute approximate surface area is 123 Å². The van der Waals surface area contributed by atoms with Gasteiger partial charge in [-0.1, -0.05) is 27.7 Å². The van der Waals surface area contributed by atoms with Crippen molar-refractivity contribution in [3.8, 4) is 0 Å². The summed E-state index contributed by atoms with van der Waals surface area (Å²) in [6, 6.07) is 2.79. The molecule has 112 valence electrons. The number of aryl methyl sites for hydroxylation is 1. The molecule has 1 aliphatic heterocycles. The predicted octanol–water partition coefficient (Wildman–Crippen LogP) is 3.37. The smallest absolute Gasteiger partial charge is 0.131 e. The molecule has 2 rings (SSSR count). The molecule has 0 radical (unpaired) electrons. The number of piperidine rings is 1. The number of nitrogens with zero attached hydrogens (tertiary/aromatic N) is 2. The molecule has 0 spiro atoms. The van der Waals surface area contributed by atoms with Crippen molar-refractivity contribution in [2.24, 2.45) is 11.8 Å². The number of nitrogens with one attached hydrogen (secondary N) is 1. The molecule has 0 bridgehead atoms. The van der Waals surface area contributed by atoms with E-state index in [1.54, 1.807) is 0 Å². The minimum absolute atomic E-state index is 0.513. The zero-order valence-corrected chi connectivity index (χ0v) is 13.6. The second kappa shape index (κ2) is 6.57. The molecule has 0 aromatic carbocycles. The highest BCUT2D eigenvalue weighted by molar-refractivity contribution is 5.47. The molecule has 1 aromatic heterocycles. The lowest BCUT2D eigenvalue weighted by Gasteiger charge is -2.36. The van der Waals surface area contributed by atoms with Crippen LogP contribution in [0.15, 0.2) is 12.3 Å². The van der Waals surface area contributed by atoms with Crippen LogP contribution in [0.3, 0.4) is 0 Å². The van der Waals surface area contributed by atoms with E-state index < -0.39 is 0 Å². The van der Waals surface area contributed by atoms with Crippen LogP contribution in [0, 0.1) is 18.8 Å². The van der Waals surface area contributed by atoms with Crippen molar-refractivity contribution in [1.29, 1.82) is 0 Å². The highest BCUT2D eigenvalue weighted by Crippen LogP contribution is 2.27. The van der Waals surface area contributed by atoms with Crippen LogP contribution in [0.4, 0.5) is 5.82 Å². The molecule has 1 saturated heterocycles. The Hall–Kier alpha value is -1.09. The van der Waals surface area contributed by atoms with Crippen LogP contribution in [0.2, 0.25) is 0 Å². The lowest BCUT2D eigenvalue weighted by atomic mass is 9.88. The van der Waals surface area contributed by atoms with Crippen molar-refractivity contribution in [2.75, 3.05) is 18.0 Å². The predicted molar refractivity (Wildman–Crippen MR) is 86.1 cm³/mol. The molecule has 1 fully saturated rings. The van der Waals surface area contributed by atoms with Gasteiger partial charge in [-0.25, -0.2) is 4.98 Å². The van der Waals surface area contributed by atoms with E-state index in [4.69, 9.17) is 4.98 Å². The molecular formula is C17H29N3. The molecule has 1 aromatic rings. The molecule has 0 saturated carbocycles. The fraction of sp³-hybridized carbons (Fsp3) is 0.706. The molecular weight excluding hydrogens is 246 g/mol. The largest absolute Gasteiger partial charge is 0.356 e. The lowest BCUT2D eigenvalue weighted by Crippen LogP contribution is -2.39. The normalized spacial score (nSPS) is 23.4. The third-order valence-electron chi connectivity index (χ3n) is 4.46. The summed E-state index contributed by atoms with van der Waals surface area (Å²) in [7, 11) is 0. The summed E-state index contributed by atoms with van der Waals surface area (Å²) in [5.74, 6) is 2.77. The number of aromatic nitrogens is 1. The van der Waals surface area contributed by atoms with Crippen LogP contribution in [0.25, 0.3) is 0 Å². The Balaban J connectivity index is 2.06. The molecule has 2 unspecified atom stereocenters. The van der Waals surface area contributed by atoms with Gasteiger partial charge >= 0.3 is 0 Å². The molecule has 0 aliphatic carbocycles. The number of anilines is 1. The van der Waals surface area contributed by atoms with Crippen LogP contribution in [-0.2, 0) is 6.54 Å². The number of rotatable bonds is 4. The zero-order valence-electron chi connectivity index (χ0n) is 13.6. The van der Waals surface area contributed by atoms with Gasteiger partial charge in [0.25, 0.3) is 0 Å². The second-order valence-corrected chi connectivity index (χ2v) is 6.71. The van der Waals surface area contributed by atoms with Crippen molar-refractivity contribution >= 4 is 5.82 Å². The minimum atomic E-state index is 0.513. The van der Waals surface area contributed by atoms with Gasteiger partial charge in [0, 0.05) is 31.9 Å². The van der Waals surface area contributed by atoms with E-state index in [0.29, 0.717) is 6.04 Å². The fourth-order valence-electron chi connectivity index (χ4n) is 2.83. The van der Waals surface area contributed by atoms with Crippen LogP contribution < -0.4 is 10.2 Å². The molecule has 0 amide bonds. The summed E-state index contributed by atoms with van der Waals surface area (Å²) in [5.41, 5.74) is 2.58. The van der Waals surface area contributed by atoms with Crippen molar-refractivity contribution < 1.29 is 0 Å². The summed E-state index contributed by atoms with van der Waals surface area (Å²) in [6.07, 6.45) is 3.30. The van der Waals surface area contributed by atoms with Crippen molar-refractivity contribution in [3.05, 3.63) is 23.4 Å². The first-order valence-corrected chi connectivity index (χ1v) is 7.91. The van der Waals surface area contributed by atoms with E-state index in [-0.39, 0.29) is 0 Å². The van der Waals surface area contributed by atoms with Crippen molar-refractivity contribution in [1.82, 2.24) is 10.3 Å². The summed E-state index contributed by atoms with van der Waals surface area (Å²) >= 11 is 0. The van der Waals surface area contributed by atoms with E-state index in [0.717, 1.165) is 31.5 Å². The first kappa shape index (κ1) is 15.3. The van der Waals surface area contributed by atoms with E-state index in [1.165, 1.54) is 23.4 Å². The van der Waals surface area contributed by atoms with Gasteiger partial charge < -0.3 is 10.2 Å². The van der Waals surface area contributed by atoms with Gasteiger partial charge in [-0.2, -0.15) is 0 Å². The lowest BCUT2D eigenvalue weighted by molar-refractivity contribution is 0.322. The molecule has 2 atom stereocenters. The summed E-state index contributed by atoms with van der Waals surface area (Å²) in [5, 5.41) is 3.45.